The molecule has 0 N–H and O–H groups in total. The van der Waals surface area contributed by atoms with Gasteiger partial charge in [-0.1, -0.05) is 0 Å². The Morgan fingerprint density at radius 3 is 2.80 bits per heavy atom. The Bertz CT molecular complexity index is 463. The predicted octanol–water partition coefficient (Wildman–Crippen LogP) is 0.924. The maximum Gasteiger partial charge on any atom is 0.214 e. The number of rotatable bonds is 3. The van der Waals surface area contributed by atoms with E-state index in [1.54, 1.807) is 16.9 Å². The molecule has 0 radical (unpaired) electrons. The van der Waals surface area contributed by atoms with E-state index in [2.05, 4.69) is 15.1 Å². The van der Waals surface area contributed by atoms with Crippen LogP contribution in [0.1, 0.15) is 23.0 Å². The number of ketones is 1. The van der Waals surface area contributed by atoms with Gasteiger partial charge in [-0.2, -0.15) is 5.10 Å². The molecule has 0 saturated carbocycles. The molecule has 0 saturated heterocycles. The van der Waals surface area contributed by atoms with E-state index in [-0.39, 0.29) is 5.78 Å². The molecule has 5 heteroatoms. The summed E-state index contributed by atoms with van der Waals surface area (Å²) in [6.07, 6.45) is 6.01. The second-order valence-corrected chi connectivity index (χ2v) is 2.99. The van der Waals surface area contributed by atoms with Gasteiger partial charge in [0.05, 0.1) is 5.56 Å². The first-order valence-corrected chi connectivity index (χ1v) is 4.64. The summed E-state index contributed by atoms with van der Waals surface area (Å²) in [6.45, 7) is 2.60. The molecule has 2 heterocycles. The Balaban J connectivity index is 2.37. The number of carbonyl (C=O) groups is 1. The van der Waals surface area contributed by atoms with Crippen LogP contribution in [-0.2, 0) is 6.54 Å². The molecule has 0 spiro atoms. The van der Waals surface area contributed by atoms with Crippen LogP contribution in [0, 0.1) is 0 Å². The Morgan fingerprint density at radius 1 is 1.40 bits per heavy atom. The van der Waals surface area contributed by atoms with Crippen molar-refractivity contribution < 1.29 is 4.79 Å². The van der Waals surface area contributed by atoms with Crippen LogP contribution in [0.4, 0.5) is 0 Å². The highest BCUT2D eigenvalue weighted by atomic mass is 16.1. The van der Waals surface area contributed by atoms with E-state index < -0.39 is 0 Å². The average molecular weight is 202 g/mol. The quantitative estimate of drug-likeness (QED) is 0.694. The van der Waals surface area contributed by atoms with E-state index in [1.807, 2.05) is 6.92 Å². The number of hydrogen-bond acceptors (Lipinski definition) is 4. The summed E-state index contributed by atoms with van der Waals surface area (Å²) >= 11 is 0. The third-order valence-corrected chi connectivity index (χ3v) is 2.07. The van der Waals surface area contributed by atoms with E-state index in [0.29, 0.717) is 17.8 Å². The lowest BCUT2D eigenvalue weighted by atomic mass is 10.1. The van der Waals surface area contributed by atoms with Gasteiger partial charge in [0.25, 0.3) is 0 Å². The summed E-state index contributed by atoms with van der Waals surface area (Å²) in [5.74, 6) is -0.102. The second kappa shape index (κ2) is 4.00. The minimum absolute atomic E-state index is 0.102. The van der Waals surface area contributed by atoms with Gasteiger partial charge in [0.1, 0.15) is 12.0 Å². The maximum absolute atomic E-state index is 11.9. The third kappa shape index (κ3) is 1.76. The molecule has 0 aliphatic heterocycles. The van der Waals surface area contributed by atoms with Gasteiger partial charge in [0, 0.05) is 25.1 Å². The zero-order chi connectivity index (χ0) is 10.7. The fourth-order valence-electron chi connectivity index (χ4n) is 1.34. The zero-order valence-corrected chi connectivity index (χ0v) is 8.29. The van der Waals surface area contributed by atoms with Crippen molar-refractivity contribution in [3.05, 3.63) is 42.2 Å². The van der Waals surface area contributed by atoms with Crippen LogP contribution < -0.4 is 0 Å². The summed E-state index contributed by atoms with van der Waals surface area (Å²) in [5.41, 5.74) is 1.04. The molecule has 2 aromatic rings. The fraction of sp³-hybridized carbons (Fsp3) is 0.200. The molecule has 0 aliphatic carbocycles. The van der Waals surface area contributed by atoms with Crippen LogP contribution in [0.15, 0.2) is 31.0 Å². The highest BCUT2D eigenvalue weighted by Crippen LogP contribution is 2.06. The van der Waals surface area contributed by atoms with Crippen LogP contribution in [0.25, 0.3) is 0 Å². The molecule has 0 amide bonds. The van der Waals surface area contributed by atoms with E-state index in [1.165, 1.54) is 18.7 Å². The van der Waals surface area contributed by atoms with E-state index in [4.69, 9.17) is 0 Å². The van der Waals surface area contributed by atoms with Crippen molar-refractivity contribution in [2.45, 2.75) is 13.5 Å². The van der Waals surface area contributed by atoms with Gasteiger partial charge in [-0.05, 0) is 13.0 Å². The summed E-state index contributed by atoms with van der Waals surface area (Å²) < 4.78 is 1.65. The van der Waals surface area contributed by atoms with Crippen LogP contribution in [0.5, 0.6) is 0 Å². The van der Waals surface area contributed by atoms with Crippen LogP contribution in [0.2, 0.25) is 0 Å². The molecule has 2 rings (SSSR count). The largest absolute Gasteiger partial charge is 0.287 e. The third-order valence-electron chi connectivity index (χ3n) is 2.07. The molecular formula is C10H10N4O. The van der Waals surface area contributed by atoms with Crippen LogP contribution >= 0.6 is 0 Å². The monoisotopic (exact) mass is 202 g/mol. The summed E-state index contributed by atoms with van der Waals surface area (Å²) in [7, 11) is 0. The minimum atomic E-state index is -0.102. The lowest BCUT2D eigenvalue weighted by molar-refractivity contribution is 0.102. The minimum Gasteiger partial charge on any atom is -0.287 e. The first kappa shape index (κ1) is 9.51. The maximum atomic E-state index is 11.9. The van der Waals surface area contributed by atoms with Gasteiger partial charge in [-0.3, -0.25) is 9.48 Å². The lowest BCUT2D eigenvalue weighted by Crippen LogP contribution is -2.10. The molecule has 0 aliphatic rings. The topological polar surface area (TPSA) is 60.7 Å². The number of hydrogen-bond donors (Lipinski definition) is 0. The van der Waals surface area contributed by atoms with Crippen LogP contribution in [0.3, 0.4) is 0 Å². The standard InChI is InChI=1S/C10H10N4O/c1-2-14-9(3-4-13-14)10(15)8-5-11-7-12-6-8/h3-7H,2H2,1H3. The summed E-state index contributed by atoms with van der Waals surface area (Å²) in [6, 6.07) is 1.69. The molecule has 0 atom stereocenters. The fourth-order valence-corrected chi connectivity index (χ4v) is 1.34. The van der Waals surface area contributed by atoms with Crippen LogP contribution in [-0.4, -0.2) is 25.5 Å². The van der Waals surface area contributed by atoms with Gasteiger partial charge < -0.3 is 0 Å². The Labute approximate surface area is 86.8 Å². The Morgan fingerprint density at radius 2 is 2.13 bits per heavy atom. The van der Waals surface area contributed by atoms with Crippen molar-refractivity contribution in [2.75, 3.05) is 0 Å². The molecule has 2 aromatic heterocycles. The Hall–Kier alpha value is -2.04. The predicted molar refractivity (Wildman–Crippen MR) is 53.4 cm³/mol. The van der Waals surface area contributed by atoms with Gasteiger partial charge >= 0.3 is 0 Å². The van der Waals surface area contributed by atoms with E-state index in [0.717, 1.165) is 0 Å². The molecule has 15 heavy (non-hydrogen) atoms. The lowest BCUT2D eigenvalue weighted by Gasteiger charge is -2.02. The highest BCUT2D eigenvalue weighted by molar-refractivity contribution is 6.07. The molecule has 76 valence electrons. The van der Waals surface area contributed by atoms with Gasteiger partial charge in [0.2, 0.25) is 5.78 Å². The van der Waals surface area contributed by atoms with E-state index in [9.17, 15) is 4.79 Å². The molecule has 0 fully saturated rings. The van der Waals surface area contributed by atoms with Crippen molar-refractivity contribution >= 4 is 5.78 Å². The number of carbonyl (C=O) groups excluding carboxylic acids is 1. The molecular weight excluding hydrogens is 192 g/mol. The molecule has 5 nitrogen and oxygen atoms in total. The van der Waals surface area contributed by atoms with Crippen molar-refractivity contribution in [2.24, 2.45) is 0 Å². The molecule has 0 bridgehead atoms. The van der Waals surface area contributed by atoms with E-state index >= 15 is 0 Å². The summed E-state index contributed by atoms with van der Waals surface area (Å²) in [5, 5.41) is 4.04. The second-order valence-electron chi connectivity index (χ2n) is 2.99. The zero-order valence-electron chi connectivity index (χ0n) is 8.29. The van der Waals surface area contributed by atoms with Crippen molar-refractivity contribution in [3.63, 3.8) is 0 Å². The van der Waals surface area contributed by atoms with Gasteiger partial charge in [0.15, 0.2) is 0 Å². The van der Waals surface area contributed by atoms with Crippen molar-refractivity contribution in [3.8, 4) is 0 Å². The Kier molecular flexibility index (Phi) is 2.53. The average Bonchev–Trinajstić information content (AvgIpc) is 2.77. The smallest absolute Gasteiger partial charge is 0.214 e. The molecule has 0 unspecified atom stereocenters. The first-order valence-electron chi connectivity index (χ1n) is 4.64. The number of nitrogens with zero attached hydrogens (tertiary/aromatic N) is 4. The SMILES string of the molecule is CCn1nccc1C(=O)c1cncnc1. The first-order chi connectivity index (χ1) is 7.33. The van der Waals surface area contributed by atoms with Gasteiger partial charge in [-0.25, -0.2) is 9.97 Å². The normalized spacial score (nSPS) is 10.2. The number of aryl methyl sites for hydroxylation is 1. The van der Waals surface area contributed by atoms with Crippen molar-refractivity contribution in [1.29, 1.82) is 0 Å². The highest BCUT2D eigenvalue weighted by Gasteiger charge is 2.13. The van der Waals surface area contributed by atoms with Crippen molar-refractivity contribution in [1.82, 2.24) is 19.7 Å². The number of aromatic nitrogens is 4. The summed E-state index contributed by atoms with van der Waals surface area (Å²) in [4.78, 5) is 19.6. The molecule has 0 aromatic carbocycles. The van der Waals surface area contributed by atoms with Gasteiger partial charge in [-0.15, -0.1) is 0 Å².